The van der Waals surface area contributed by atoms with E-state index in [1.807, 2.05) is 54.6 Å². The number of cyclic esters (lactones) is 1. The van der Waals surface area contributed by atoms with Crippen molar-refractivity contribution in [2.45, 2.75) is 12.0 Å². The van der Waals surface area contributed by atoms with Gasteiger partial charge in [0.1, 0.15) is 6.10 Å². The Morgan fingerprint density at radius 1 is 0.826 bits per heavy atom. The van der Waals surface area contributed by atoms with Crippen LogP contribution in [-0.4, -0.2) is 5.97 Å². The third kappa shape index (κ3) is 2.23. The number of hydrogen-bond acceptors (Lipinski definition) is 2. The Morgan fingerprint density at radius 2 is 1.52 bits per heavy atom. The number of carbonyl (C=O) groups excluding carboxylic acids is 1. The maximum Gasteiger partial charge on any atom is 0.334 e. The zero-order valence-electron chi connectivity index (χ0n) is 12.6. The van der Waals surface area contributed by atoms with E-state index in [0.29, 0.717) is 5.57 Å². The number of hydrogen-bond donors (Lipinski definition) is 0. The predicted molar refractivity (Wildman–Crippen MR) is 91.1 cm³/mol. The van der Waals surface area contributed by atoms with Gasteiger partial charge in [0, 0.05) is 11.1 Å². The molecule has 23 heavy (non-hydrogen) atoms. The summed E-state index contributed by atoms with van der Waals surface area (Å²) in [7, 11) is 0. The molecule has 2 heteroatoms. The SMILES string of the molecule is C=C1C(=O)OC(c2cccc3ccccc23)C1c1ccccc1. The van der Waals surface area contributed by atoms with Gasteiger partial charge in [0.2, 0.25) is 0 Å². The fourth-order valence-corrected chi connectivity index (χ4v) is 3.35. The van der Waals surface area contributed by atoms with Crippen LogP contribution in [0.25, 0.3) is 10.8 Å². The van der Waals surface area contributed by atoms with Crippen LogP contribution in [0.3, 0.4) is 0 Å². The molecule has 0 aliphatic carbocycles. The third-order valence-electron chi connectivity index (χ3n) is 4.46. The van der Waals surface area contributed by atoms with Crippen LogP contribution in [-0.2, 0) is 9.53 Å². The van der Waals surface area contributed by atoms with E-state index in [-0.39, 0.29) is 18.0 Å². The molecule has 2 atom stereocenters. The average Bonchev–Trinajstić information content (AvgIpc) is 2.90. The van der Waals surface area contributed by atoms with Crippen molar-refractivity contribution in [3.63, 3.8) is 0 Å². The maximum atomic E-state index is 12.2. The highest BCUT2D eigenvalue weighted by molar-refractivity contribution is 5.94. The lowest BCUT2D eigenvalue weighted by Gasteiger charge is -2.20. The van der Waals surface area contributed by atoms with Crippen LogP contribution in [0, 0.1) is 0 Å². The molecule has 2 unspecified atom stereocenters. The van der Waals surface area contributed by atoms with Crippen molar-refractivity contribution >= 4 is 16.7 Å². The van der Waals surface area contributed by atoms with Crippen LogP contribution in [0.15, 0.2) is 84.9 Å². The van der Waals surface area contributed by atoms with Crippen LogP contribution < -0.4 is 0 Å². The van der Waals surface area contributed by atoms with Crippen molar-refractivity contribution in [3.8, 4) is 0 Å². The molecule has 1 aliphatic heterocycles. The number of benzene rings is 3. The van der Waals surface area contributed by atoms with Gasteiger partial charge in [-0.05, 0) is 16.3 Å². The second kappa shape index (κ2) is 5.40. The van der Waals surface area contributed by atoms with Crippen molar-refractivity contribution in [1.82, 2.24) is 0 Å². The molecular weight excluding hydrogens is 284 g/mol. The number of esters is 1. The van der Waals surface area contributed by atoms with E-state index in [0.717, 1.165) is 21.9 Å². The van der Waals surface area contributed by atoms with Gasteiger partial charge < -0.3 is 4.74 Å². The highest BCUT2D eigenvalue weighted by atomic mass is 16.6. The summed E-state index contributed by atoms with van der Waals surface area (Å²) in [6.07, 6.45) is -0.330. The molecule has 0 N–H and O–H groups in total. The standard InChI is InChI=1S/C21H16O2/c1-14-19(16-9-3-2-4-10-16)20(23-21(14)22)18-13-7-11-15-8-5-6-12-17(15)18/h2-13,19-20H,1H2. The molecular formula is C21H16O2. The summed E-state index contributed by atoms with van der Waals surface area (Å²) >= 11 is 0. The molecule has 2 nitrogen and oxygen atoms in total. The monoisotopic (exact) mass is 300 g/mol. The van der Waals surface area contributed by atoms with Gasteiger partial charge in [-0.1, -0.05) is 79.4 Å². The van der Waals surface area contributed by atoms with Crippen LogP contribution in [0.4, 0.5) is 0 Å². The number of ether oxygens (including phenoxy) is 1. The van der Waals surface area contributed by atoms with Crippen molar-refractivity contribution in [3.05, 3.63) is 96.1 Å². The topological polar surface area (TPSA) is 26.3 Å². The van der Waals surface area contributed by atoms with E-state index >= 15 is 0 Å². The summed E-state index contributed by atoms with van der Waals surface area (Å²) in [4.78, 5) is 12.2. The molecule has 3 aromatic carbocycles. The van der Waals surface area contributed by atoms with Gasteiger partial charge in [-0.15, -0.1) is 0 Å². The van der Waals surface area contributed by atoms with Crippen LogP contribution >= 0.6 is 0 Å². The summed E-state index contributed by atoms with van der Waals surface area (Å²) in [5.74, 6) is -0.453. The summed E-state index contributed by atoms with van der Waals surface area (Å²) in [6, 6.07) is 24.3. The normalized spacial score (nSPS) is 20.7. The van der Waals surface area contributed by atoms with Crippen LogP contribution in [0.2, 0.25) is 0 Å². The smallest absolute Gasteiger partial charge is 0.334 e. The number of carbonyl (C=O) groups is 1. The lowest BCUT2D eigenvalue weighted by molar-refractivity contribution is -0.139. The Bertz CT molecular complexity index is 891. The fourth-order valence-electron chi connectivity index (χ4n) is 3.35. The van der Waals surface area contributed by atoms with Gasteiger partial charge in [-0.25, -0.2) is 4.79 Å². The minimum Gasteiger partial charge on any atom is -0.453 e. The first-order valence-corrected chi connectivity index (χ1v) is 7.68. The maximum absolute atomic E-state index is 12.2. The third-order valence-corrected chi connectivity index (χ3v) is 4.46. The molecule has 0 aromatic heterocycles. The Kier molecular flexibility index (Phi) is 3.23. The Labute approximate surface area is 135 Å². The van der Waals surface area contributed by atoms with Crippen LogP contribution in [0.1, 0.15) is 23.1 Å². The molecule has 0 spiro atoms. The molecule has 1 heterocycles. The lowest BCUT2D eigenvalue weighted by Crippen LogP contribution is -2.07. The van der Waals surface area contributed by atoms with Gasteiger partial charge in [0.05, 0.1) is 5.92 Å². The van der Waals surface area contributed by atoms with Crippen LogP contribution in [0.5, 0.6) is 0 Å². The fraction of sp³-hybridized carbons (Fsp3) is 0.0952. The summed E-state index contributed by atoms with van der Waals surface area (Å²) < 4.78 is 5.70. The van der Waals surface area contributed by atoms with Crippen molar-refractivity contribution < 1.29 is 9.53 Å². The Balaban J connectivity index is 1.89. The largest absolute Gasteiger partial charge is 0.453 e. The van der Waals surface area contributed by atoms with Gasteiger partial charge in [-0.3, -0.25) is 0 Å². The van der Waals surface area contributed by atoms with Crippen molar-refractivity contribution in [2.24, 2.45) is 0 Å². The molecule has 0 bridgehead atoms. The van der Waals surface area contributed by atoms with Gasteiger partial charge >= 0.3 is 5.97 Å². The molecule has 1 saturated heterocycles. The molecule has 0 amide bonds. The van der Waals surface area contributed by atoms with Crippen molar-refractivity contribution in [1.29, 1.82) is 0 Å². The second-order valence-corrected chi connectivity index (χ2v) is 5.81. The molecule has 1 aliphatic rings. The second-order valence-electron chi connectivity index (χ2n) is 5.81. The van der Waals surface area contributed by atoms with E-state index in [2.05, 4.69) is 24.8 Å². The molecule has 3 aromatic rings. The molecule has 1 fully saturated rings. The van der Waals surface area contributed by atoms with E-state index in [1.165, 1.54) is 0 Å². The molecule has 0 saturated carbocycles. The first-order valence-electron chi connectivity index (χ1n) is 7.68. The zero-order chi connectivity index (χ0) is 15.8. The first kappa shape index (κ1) is 13.8. The first-order chi connectivity index (χ1) is 11.3. The van der Waals surface area contributed by atoms with Gasteiger partial charge in [0.15, 0.2) is 0 Å². The van der Waals surface area contributed by atoms with E-state index in [1.54, 1.807) is 0 Å². The zero-order valence-corrected chi connectivity index (χ0v) is 12.6. The van der Waals surface area contributed by atoms with E-state index in [9.17, 15) is 4.79 Å². The molecule has 0 radical (unpaired) electrons. The van der Waals surface area contributed by atoms with E-state index in [4.69, 9.17) is 4.74 Å². The number of rotatable bonds is 2. The summed E-state index contributed by atoms with van der Waals surface area (Å²) in [5, 5.41) is 2.26. The lowest BCUT2D eigenvalue weighted by atomic mass is 9.84. The average molecular weight is 300 g/mol. The van der Waals surface area contributed by atoms with Gasteiger partial charge in [-0.2, -0.15) is 0 Å². The predicted octanol–water partition coefficient (Wildman–Crippen LogP) is 4.78. The Hall–Kier alpha value is -2.87. The summed E-state index contributed by atoms with van der Waals surface area (Å²) in [5.41, 5.74) is 2.61. The summed E-state index contributed by atoms with van der Waals surface area (Å²) in [6.45, 7) is 3.97. The van der Waals surface area contributed by atoms with Crippen molar-refractivity contribution in [2.75, 3.05) is 0 Å². The van der Waals surface area contributed by atoms with Gasteiger partial charge in [0.25, 0.3) is 0 Å². The van der Waals surface area contributed by atoms with E-state index < -0.39 is 0 Å². The number of fused-ring (bicyclic) bond motifs is 1. The quantitative estimate of drug-likeness (QED) is 0.503. The minimum atomic E-state index is -0.330. The minimum absolute atomic E-state index is 0.144. The molecule has 4 rings (SSSR count). The highest BCUT2D eigenvalue weighted by Crippen LogP contribution is 2.46. The Morgan fingerprint density at radius 3 is 2.35 bits per heavy atom. The molecule has 112 valence electrons. The highest BCUT2D eigenvalue weighted by Gasteiger charge is 2.41.